The van der Waals surface area contributed by atoms with E-state index in [1.165, 1.54) is 50.0 Å². The Labute approximate surface area is 130 Å². The van der Waals surface area contributed by atoms with Crippen molar-refractivity contribution in [2.75, 3.05) is 40.8 Å². The highest BCUT2D eigenvalue weighted by atomic mass is 15.3. The van der Waals surface area contributed by atoms with Crippen LogP contribution in [-0.2, 0) is 6.42 Å². The van der Waals surface area contributed by atoms with Crippen molar-refractivity contribution < 1.29 is 0 Å². The van der Waals surface area contributed by atoms with Crippen LogP contribution in [0.25, 0.3) is 0 Å². The lowest BCUT2D eigenvalue weighted by Gasteiger charge is -2.39. The minimum absolute atomic E-state index is 0.445. The molecule has 2 rings (SSSR count). The summed E-state index contributed by atoms with van der Waals surface area (Å²) in [6.07, 6.45) is 3.56. The Morgan fingerprint density at radius 2 is 2.10 bits per heavy atom. The van der Waals surface area contributed by atoms with Crippen molar-refractivity contribution in [2.24, 2.45) is 0 Å². The zero-order valence-corrected chi connectivity index (χ0v) is 14.1. The molecule has 2 atom stereocenters. The third kappa shape index (κ3) is 4.53. The van der Waals surface area contributed by atoms with Crippen molar-refractivity contribution in [3.8, 4) is 0 Å². The smallest absolute Gasteiger partial charge is 0.0333 e. The van der Waals surface area contributed by atoms with Gasteiger partial charge < -0.3 is 15.1 Å². The van der Waals surface area contributed by atoms with Crippen molar-refractivity contribution in [3.05, 3.63) is 35.4 Å². The van der Waals surface area contributed by atoms with Crippen molar-refractivity contribution in [1.82, 2.24) is 15.1 Å². The molecule has 1 aliphatic rings. The van der Waals surface area contributed by atoms with Crippen LogP contribution in [0.1, 0.15) is 36.9 Å². The largest absolute Gasteiger partial charge is 0.313 e. The molecule has 3 nitrogen and oxygen atoms in total. The third-order valence-corrected chi connectivity index (χ3v) is 4.73. The number of likely N-dealkylation sites (N-methyl/N-ethyl adjacent to an activating group) is 2. The van der Waals surface area contributed by atoms with E-state index in [1.807, 2.05) is 0 Å². The van der Waals surface area contributed by atoms with Crippen LogP contribution in [-0.4, -0.2) is 56.6 Å². The van der Waals surface area contributed by atoms with E-state index in [2.05, 4.69) is 67.4 Å². The second-order valence-electron chi connectivity index (χ2n) is 6.47. The van der Waals surface area contributed by atoms with Crippen LogP contribution in [0, 0.1) is 0 Å². The summed E-state index contributed by atoms with van der Waals surface area (Å²) >= 11 is 0. The van der Waals surface area contributed by atoms with Gasteiger partial charge in [0.05, 0.1) is 0 Å². The molecule has 1 heterocycles. The minimum atomic E-state index is 0.445. The summed E-state index contributed by atoms with van der Waals surface area (Å²) in [5.41, 5.74) is 2.90. The molecule has 1 saturated heterocycles. The summed E-state index contributed by atoms with van der Waals surface area (Å²) in [5, 5.41) is 3.53. The second-order valence-corrected chi connectivity index (χ2v) is 6.47. The van der Waals surface area contributed by atoms with Crippen LogP contribution in [0.2, 0.25) is 0 Å². The lowest BCUT2D eigenvalue weighted by molar-refractivity contribution is 0.102. The molecule has 1 aliphatic heterocycles. The Bertz CT molecular complexity index is 432. The van der Waals surface area contributed by atoms with Gasteiger partial charge >= 0.3 is 0 Å². The van der Waals surface area contributed by atoms with Crippen LogP contribution in [0.5, 0.6) is 0 Å². The van der Waals surface area contributed by atoms with Crippen molar-refractivity contribution >= 4 is 0 Å². The Hall–Kier alpha value is -0.900. The average Bonchev–Trinajstić information content (AvgIpc) is 2.49. The molecule has 0 amide bonds. The third-order valence-electron chi connectivity index (χ3n) is 4.73. The van der Waals surface area contributed by atoms with Crippen LogP contribution in [0.15, 0.2) is 24.3 Å². The first-order chi connectivity index (χ1) is 10.1. The maximum atomic E-state index is 3.53. The lowest BCUT2D eigenvalue weighted by atomic mass is 9.95. The highest BCUT2D eigenvalue weighted by molar-refractivity contribution is 5.26. The summed E-state index contributed by atoms with van der Waals surface area (Å²) in [7, 11) is 6.58. The standard InChI is InChI=1S/C18H31N3/c1-5-7-15-8-6-9-16(12-15)18(19-2)13-17-14-20(3)10-11-21(17)4/h6,8-9,12,17-19H,5,7,10-11,13-14H2,1-4H3. The molecule has 0 aliphatic carbocycles. The number of nitrogens with one attached hydrogen (secondary N) is 1. The summed E-state index contributed by atoms with van der Waals surface area (Å²) in [5.74, 6) is 0. The number of rotatable bonds is 6. The zero-order valence-electron chi connectivity index (χ0n) is 14.1. The lowest BCUT2D eigenvalue weighted by Crippen LogP contribution is -2.50. The predicted molar refractivity (Wildman–Crippen MR) is 90.8 cm³/mol. The van der Waals surface area contributed by atoms with Crippen LogP contribution in [0.4, 0.5) is 0 Å². The molecule has 118 valence electrons. The molecular formula is C18H31N3. The maximum Gasteiger partial charge on any atom is 0.0333 e. The molecule has 1 aromatic carbocycles. The Morgan fingerprint density at radius 3 is 2.81 bits per heavy atom. The zero-order chi connectivity index (χ0) is 15.2. The fourth-order valence-electron chi connectivity index (χ4n) is 3.30. The molecule has 0 radical (unpaired) electrons. The number of nitrogens with zero attached hydrogens (tertiary/aromatic N) is 2. The highest BCUT2D eigenvalue weighted by Crippen LogP contribution is 2.23. The number of benzene rings is 1. The average molecular weight is 289 g/mol. The van der Waals surface area contributed by atoms with Crippen molar-refractivity contribution in [1.29, 1.82) is 0 Å². The van der Waals surface area contributed by atoms with E-state index in [9.17, 15) is 0 Å². The maximum absolute atomic E-state index is 3.53. The van der Waals surface area contributed by atoms with E-state index >= 15 is 0 Å². The van der Waals surface area contributed by atoms with E-state index in [-0.39, 0.29) is 0 Å². The van der Waals surface area contributed by atoms with Crippen LogP contribution in [0.3, 0.4) is 0 Å². The molecule has 3 heteroatoms. The Balaban J connectivity index is 2.06. The molecule has 0 saturated carbocycles. The molecule has 1 N–H and O–H groups in total. The highest BCUT2D eigenvalue weighted by Gasteiger charge is 2.25. The topological polar surface area (TPSA) is 18.5 Å². The molecule has 21 heavy (non-hydrogen) atoms. The van der Waals surface area contributed by atoms with Gasteiger partial charge in [-0.3, -0.25) is 0 Å². The fraction of sp³-hybridized carbons (Fsp3) is 0.667. The van der Waals surface area contributed by atoms with Gasteiger partial charge in [-0.15, -0.1) is 0 Å². The number of hydrogen-bond donors (Lipinski definition) is 1. The van der Waals surface area contributed by atoms with E-state index in [0.717, 1.165) is 0 Å². The van der Waals surface area contributed by atoms with Crippen molar-refractivity contribution in [3.63, 3.8) is 0 Å². The first kappa shape index (κ1) is 16.5. The monoisotopic (exact) mass is 289 g/mol. The quantitative estimate of drug-likeness (QED) is 0.868. The first-order valence-corrected chi connectivity index (χ1v) is 8.29. The summed E-state index contributed by atoms with van der Waals surface area (Å²) in [4.78, 5) is 4.96. The van der Waals surface area contributed by atoms with Crippen LogP contribution >= 0.6 is 0 Å². The van der Waals surface area contributed by atoms with Gasteiger partial charge in [0.1, 0.15) is 0 Å². The SMILES string of the molecule is CCCc1cccc(C(CC2CN(C)CCN2C)NC)c1. The van der Waals surface area contributed by atoms with Gasteiger partial charge in [0, 0.05) is 31.7 Å². The van der Waals surface area contributed by atoms with Gasteiger partial charge in [-0.25, -0.2) is 0 Å². The van der Waals surface area contributed by atoms with Crippen molar-refractivity contribution in [2.45, 2.75) is 38.3 Å². The van der Waals surface area contributed by atoms with Gasteiger partial charge in [0.15, 0.2) is 0 Å². The summed E-state index contributed by atoms with van der Waals surface area (Å²) < 4.78 is 0. The predicted octanol–water partition coefficient (Wildman–Crippen LogP) is 2.54. The van der Waals surface area contributed by atoms with E-state index in [1.54, 1.807) is 0 Å². The van der Waals surface area contributed by atoms with E-state index in [0.29, 0.717) is 12.1 Å². The van der Waals surface area contributed by atoms with Gasteiger partial charge in [-0.2, -0.15) is 0 Å². The van der Waals surface area contributed by atoms with E-state index < -0.39 is 0 Å². The van der Waals surface area contributed by atoms with Gasteiger partial charge in [-0.05, 0) is 45.1 Å². The molecule has 0 aromatic heterocycles. The Morgan fingerprint density at radius 1 is 1.29 bits per heavy atom. The normalized spacial score (nSPS) is 22.4. The molecule has 0 spiro atoms. The fourth-order valence-corrected chi connectivity index (χ4v) is 3.30. The molecule has 0 bridgehead atoms. The number of piperazine rings is 1. The first-order valence-electron chi connectivity index (χ1n) is 8.29. The molecular weight excluding hydrogens is 258 g/mol. The second kappa shape index (κ2) is 7.92. The van der Waals surface area contributed by atoms with Crippen LogP contribution < -0.4 is 5.32 Å². The summed E-state index contributed by atoms with van der Waals surface area (Å²) in [6, 6.07) is 10.2. The van der Waals surface area contributed by atoms with Gasteiger partial charge in [0.25, 0.3) is 0 Å². The number of aryl methyl sites for hydroxylation is 1. The molecule has 1 aromatic rings. The number of hydrogen-bond acceptors (Lipinski definition) is 3. The summed E-state index contributed by atoms with van der Waals surface area (Å²) in [6.45, 7) is 5.77. The Kier molecular flexibility index (Phi) is 6.22. The van der Waals surface area contributed by atoms with E-state index in [4.69, 9.17) is 0 Å². The van der Waals surface area contributed by atoms with Gasteiger partial charge in [-0.1, -0.05) is 37.6 Å². The minimum Gasteiger partial charge on any atom is -0.313 e. The molecule has 2 unspecified atom stereocenters. The van der Waals surface area contributed by atoms with Gasteiger partial charge in [0.2, 0.25) is 0 Å². The molecule has 1 fully saturated rings.